The number of ether oxygens (including phenoxy) is 1. The molecule has 2 rings (SSSR count). The molecule has 5 nitrogen and oxygen atoms in total. The molecule has 3 atom stereocenters. The Morgan fingerprint density at radius 2 is 1.89 bits per heavy atom. The second-order valence-electron chi connectivity index (χ2n) is 6.70. The Morgan fingerprint density at radius 1 is 1.32 bits per heavy atom. The number of alkyl carbamates (subject to hydrolysis) is 1. The summed E-state index contributed by atoms with van der Waals surface area (Å²) >= 11 is 0. The van der Waals surface area contributed by atoms with Crippen molar-refractivity contribution in [1.29, 1.82) is 0 Å². The van der Waals surface area contributed by atoms with Gasteiger partial charge in [0.05, 0.1) is 0 Å². The SMILES string of the molecule is CC(C)(C)OC(=O)N[C@@H](CC1[C@H]2CCC[C@H]12)C(=O)O. The van der Waals surface area contributed by atoms with Crippen LogP contribution in [0.1, 0.15) is 46.5 Å². The highest BCUT2D eigenvalue weighted by molar-refractivity contribution is 5.80. The van der Waals surface area contributed by atoms with Gasteiger partial charge in [-0.2, -0.15) is 0 Å². The molecule has 0 bridgehead atoms. The summed E-state index contributed by atoms with van der Waals surface area (Å²) in [6.07, 6.45) is 3.58. The van der Waals surface area contributed by atoms with Gasteiger partial charge in [-0.15, -0.1) is 0 Å². The number of aliphatic carboxylic acids is 1. The van der Waals surface area contributed by atoms with E-state index in [1.807, 2.05) is 0 Å². The summed E-state index contributed by atoms with van der Waals surface area (Å²) in [4.78, 5) is 22.8. The van der Waals surface area contributed by atoms with Crippen LogP contribution in [-0.2, 0) is 9.53 Å². The lowest BCUT2D eigenvalue weighted by Gasteiger charge is -2.22. The van der Waals surface area contributed by atoms with Crippen molar-refractivity contribution in [1.82, 2.24) is 5.32 Å². The fraction of sp³-hybridized carbons (Fsp3) is 0.857. The first kappa shape index (κ1) is 14.2. The monoisotopic (exact) mass is 269 g/mol. The smallest absolute Gasteiger partial charge is 0.408 e. The van der Waals surface area contributed by atoms with Crippen LogP contribution in [-0.4, -0.2) is 28.8 Å². The molecule has 0 spiro atoms. The van der Waals surface area contributed by atoms with E-state index in [4.69, 9.17) is 4.74 Å². The molecule has 0 unspecified atom stereocenters. The summed E-state index contributed by atoms with van der Waals surface area (Å²) in [7, 11) is 0. The van der Waals surface area contributed by atoms with Gasteiger partial charge in [0, 0.05) is 0 Å². The van der Waals surface area contributed by atoms with E-state index in [0.717, 1.165) is 0 Å². The largest absolute Gasteiger partial charge is 0.480 e. The number of carbonyl (C=O) groups excluding carboxylic acids is 1. The van der Waals surface area contributed by atoms with Crippen LogP contribution >= 0.6 is 0 Å². The second-order valence-corrected chi connectivity index (χ2v) is 6.70. The number of nitrogens with one attached hydrogen (secondary N) is 1. The molecular weight excluding hydrogens is 246 g/mol. The van der Waals surface area contributed by atoms with Gasteiger partial charge >= 0.3 is 12.1 Å². The van der Waals surface area contributed by atoms with Crippen LogP contribution < -0.4 is 5.32 Å². The van der Waals surface area contributed by atoms with Gasteiger partial charge in [0.2, 0.25) is 0 Å². The molecule has 0 aromatic heterocycles. The third kappa shape index (κ3) is 3.61. The number of carboxylic acid groups (broad SMARTS) is 1. The molecule has 0 aromatic carbocycles. The number of fused-ring (bicyclic) bond motifs is 1. The van der Waals surface area contributed by atoms with Gasteiger partial charge in [-0.05, 0) is 57.8 Å². The highest BCUT2D eigenvalue weighted by atomic mass is 16.6. The predicted octanol–water partition coefficient (Wildman–Crippen LogP) is 2.40. The van der Waals surface area contributed by atoms with E-state index in [9.17, 15) is 14.7 Å². The minimum atomic E-state index is -0.976. The Kier molecular flexibility index (Phi) is 3.74. The minimum Gasteiger partial charge on any atom is -0.480 e. The van der Waals surface area contributed by atoms with E-state index in [-0.39, 0.29) is 0 Å². The van der Waals surface area contributed by atoms with Crippen molar-refractivity contribution in [2.75, 3.05) is 0 Å². The van der Waals surface area contributed by atoms with Crippen LogP contribution in [0.25, 0.3) is 0 Å². The van der Waals surface area contributed by atoms with Crippen LogP contribution in [0.3, 0.4) is 0 Å². The van der Waals surface area contributed by atoms with Crippen molar-refractivity contribution in [3.8, 4) is 0 Å². The number of rotatable bonds is 4. The van der Waals surface area contributed by atoms with Crippen LogP contribution in [0.5, 0.6) is 0 Å². The molecule has 0 aliphatic heterocycles. The molecule has 19 heavy (non-hydrogen) atoms. The van der Waals surface area contributed by atoms with Crippen molar-refractivity contribution in [3.63, 3.8) is 0 Å². The predicted molar refractivity (Wildman–Crippen MR) is 69.7 cm³/mol. The number of hydrogen-bond donors (Lipinski definition) is 2. The number of hydrogen-bond acceptors (Lipinski definition) is 3. The molecule has 108 valence electrons. The fourth-order valence-electron chi connectivity index (χ4n) is 3.26. The molecule has 0 saturated heterocycles. The third-order valence-electron chi connectivity index (χ3n) is 4.08. The van der Waals surface area contributed by atoms with E-state index < -0.39 is 23.7 Å². The van der Waals surface area contributed by atoms with E-state index in [1.54, 1.807) is 20.8 Å². The lowest BCUT2D eigenvalue weighted by Crippen LogP contribution is -2.43. The van der Waals surface area contributed by atoms with Gasteiger partial charge in [0.25, 0.3) is 0 Å². The Bertz CT molecular complexity index is 364. The first-order valence-electron chi connectivity index (χ1n) is 7.00. The van der Waals surface area contributed by atoms with E-state index in [2.05, 4.69) is 5.32 Å². The highest BCUT2D eigenvalue weighted by Gasteiger charge is 2.53. The average Bonchev–Trinajstić information content (AvgIpc) is 2.70. The minimum absolute atomic E-state index is 0.477. The highest BCUT2D eigenvalue weighted by Crippen LogP contribution is 2.59. The Morgan fingerprint density at radius 3 is 2.37 bits per heavy atom. The molecule has 0 radical (unpaired) electrons. The maximum Gasteiger partial charge on any atom is 0.408 e. The molecule has 2 N–H and O–H groups in total. The zero-order chi connectivity index (χ0) is 14.2. The first-order valence-corrected chi connectivity index (χ1v) is 7.00. The van der Waals surface area contributed by atoms with Gasteiger partial charge < -0.3 is 15.2 Å². The van der Waals surface area contributed by atoms with E-state index >= 15 is 0 Å². The van der Waals surface area contributed by atoms with Gasteiger partial charge in [0.15, 0.2) is 0 Å². The summed E-state index contributed by atoms with van der Waals surface area (Å²) < 4.78 is 5.10. The molecule has 0 heterocycles. The van der Waals surface area contributed by atoms with E-state index in [1.165, 1.54) is 19.3 Å². The number of carboxylic acids is 1. The molecule has 2 saturated carbocycles. The zero-order valence-corrected chi connectivity index (χ0v) is 11.8. The zero-order valence-electron chi connectivity index (χ0n) is 11.8. The van der Waals surface area contributed by atoms with Crippen molar-refractivity contribution in [3.05, 3.63) is 0 Å². The molecule has 2 aliphatic rings. The van der Waals surface area contributed by atoms with Gasteiger partial charge in [0.1, 0.15) is 11.6 Å². The normalized spacial score (nSPS) is 30.4. The van der Waals surface area contributed by atoms with Gasteiger partial charge in [-0.25, -0.2) is 9.59 Å². The molecular formula is C14H23NO4. The molecule has 2 aliphatic carbocycles. The standard InChI is InChI=1S/C14H23NO4/c1-14(2,3)19-13(18)15-11(12(16)17)7-10-8-5-4-6-9(8)10/h8-11H,4-7H2,1-3H3,(H,15,18)(H,16,17)/t8-,9-,11-/m0/s1. The summed E-state index contributed by atoms with van der Waals surface area (Å²) in [6.45, 7) is 5.27. The first-order chi connectivity index (χ1) is 8.78. The van der Waals surface area contributed by atoms with Crippen LogP contribution in [0.15, 0.2) is 0 Å². The maximum absolute atomic E-state index is 11.6. The Balaban J connectivity index is 1.83. The van der Waals surface area contributed by atoms with Crippen molar-refractivity contribution >= 4 is 12.1 Å². The number of carbonyl (C=O) groups is 2. The van der Waals surface area contributed by atoms with Gasteiger partial charge in [-0.1, -0.05) is 6.42 Å². The second kappa shape index (κ2) is 5.02. The van der Waals surface area contributed by atoms with E-state index in [0.29, 0.717) is 24.2 Å². The lowest BCUT2D eigenvalue weighted by molar-refractivity contribution is -0.139. The summed E-state index contributed by atoms with van der Waals surface area (Å²) in [6, 6.07) is -0.828. The Labute approximate surface area is 113 Å². The summed E-state index contributed by atoms with van der Waals surface area (Å²) in [5.41, 5.74) is -0.608. The van der Waals surface area contributed by atoms with Crippen LogP contribution in [0, 0.1) is 17.8 Å². The average molecular weight is 269 g/mol. The summed E-state index contributed by atoms with van der Waals surface area (Å²) in [5.74, 6) is 0.894. The van der Waals surface area contributed by atoms with Crippen molar-refractivity contribution in [2.45, 2.75) is 58.1 Å². The van der Waals surface area contributed by atoms with Gasteiger partial charge in [-0.3, -0.25) is 0 Å². The molecule has 2 fully saturated rings. The molecule has 0 aromatic rings. The van der Waals surface area contributed by atoms with Crippen LogP contribution in [0.2, 0.25) is 0 Å². The van der Waals surface area contributed by atoms with Crippen LogP contribution in [0.4, 0.5) is 4.79 Å². The summed E-state index contributed by atoms with van der Waals surface area (Å²) in [5, 5.41) is 11.7. The lowest BCUT2D eigenvalue weighted by atomic mass is 10.0. The quantitative estimate of drug-likeness (QED) is 0.821. The number of amides is 1. The topological polar surface area (TPSA) is 75.6 Å². The molecule has 5 heteroatoms. The molecule has 1 amide bonds. The van der Waals surface area contributed by atoms with Crippen molar-refractivity contribution in [2.24, 2.45) is 17.8 Å². The fourth-order valence-corrected chi connectivity index (χ4v) is 3.26. The Hall–Kier alpha value is -1.26. The van der Waals surface area contributed by atoms with Crippen molar-refractivity contribution < 1.29 is 19.4 Å². The maximum atomic E-state index is 11.6. The third-order valence-corrected chi connectivity index (χ3v) is 4.08.